The second kappa shape index (κ2) is 3.01. The molecule has 1 aliphatic carbocycles. The molecule has 2 atom stereocenters. The number of hydrogen-bond acceptors (Lipinski definition) is 2. The van der Waals surface area contributed by atoms with Crippen LogP contribution in [0.1, 0.15) is 6.42 Å². The average Bonchev–Trinajstić information content (AvgIpc) is 2.28. The molecule has 0 fully saturated rings. The molecule has 0 bridgehead atoms. The van der Waals surface area contributed by atoms with Crippen LogP contribution in [-0.4, -0.2) is 18.9 Å². The third-order valence-electron chi connectivity index (χ3n) is 2.15. The van der Waals surface area contributed by atoms with Crippen LogP contribution in [0, 0.1) is 5.92 Å². The van der Waals surface area contributed by atoms with E-state index >= 15 is 0 Å². The maximum absolute atomic E-state index is 4.20. The lowest BCUT2D eigenvalue weighted by Crippen LogP contribution is -2.38. The van der Waals surface area contributed by atoms with E-state index in [2.05, 4.69) is 40.8 Å². The highest BCUT2D eigenvalue weighted by Gasteiger charge is 2.18. The molecule has 58 valence electrons. The summed E-state index contributed by atoms with van der Waals surface area (Å²) in [6.45, 7) is 0.769. The van der Waals surface area contributed by atoms with Gasteiger partial charge in [0.15, 0.2) is 0 Å². The zero-order valence-electron chi connectivity index (χ0n) is 6.40. The van der Waals surface area contributed by atoms with Gasteiger partial charge in [-0.05, 0) is 6.42 Å². The Hall–Kier alpha value is -0.890. The highest BCUT2D eigenvalue weighted by molar-refractivity contribution is 5.64. The number of aliphatic imine (C=N–C) groups is 1. The second-order valence-corrected chi connectivity index (χ2v) is 2.93. The van der Waals surface area contributed by atoms with Crippen molar-refractivity contribution >= 4 is 6.21 Å². The van der Waals surface area contributed by atoms with Crippen molar-refractivity contribution < 1.29 is 0 Å². The van der Waals surface area contributed by atoms with Crippen molar-refractivity contribution in [1.82, 2.24) is 5.32 Å². The largest absolute Gasteiger partial charge is 0.291 e. The molecule has 2 heteroatoms. The molecule has 2 unspecified atom stereocenters. The Balaban J connectivity index is 2.17. The van der Waals surface area contributed by atoms with Crippen LogP contribution in [0.5, 0.6) is 0 Å². The molecule has 0 saturated carbocycles. The van der Waals surface area contributed by atoms with Crippen LogP contribution in [-0.2, 0) is 0 Å². The molecule has 1 aliphatic heterocycles. The minimum atomic E-state index is 0.502. The summed E-state index contributed by atoms with van der Waals surface area (Å²) in [5.41, 5.74) is 0. The molecule has 1 heterocycles. The Morgan fingerprint density at radius 2 is 2.36 bits per heavy atom. The summed E-state index contributed by atoms with van der Waals surface area (Å²) in [5.74, 6) is 0.568. The summed E-state index contributed by atoms with van der Waals surface area (Å²) in [6, 6.07) is 0.502. The lowest BCUT2D eigenvalue weighted by molar-refractivity contribution is 0.490. The van der Waals surface area contributed by atoms with Gasteiger partial charge in [0.25, 0.3) is 0 Å². The van der Waals surface area contributed by atoms with Crippen molar-refractivity contribution in [2.24, 2.45) is 10.9 Å². The van der Waals surface area contributed by atoms with E-state index in [1.54, 1.807) is 0 Å². The van der Waals surface area contributed by atoms with E-state index in [9.17, 15) is 0 Å². The smallest absolute Gasteiger partial charge is 0.0885 e. The first-order valence-corrected chi connectivity index (χ1v) is 4.03. The summed E-state index contributed by atoms with van der Waals surface area (Å²) in [5, 5.41) is 3.34. The summed E-state index contributed by atoms with van der Waals surface area (Å²) in [6.07, 6.45) is 11.8. The van der Waals surface area contributed by atoms with Crippen LogP contribution in [0.25, 0.3) is 0 Å². The highest BCUT2D eigenvalue weighted by Crippen LogP contribution is 2.14. The van der Waals surface area contributed by atoms with Crippen molar-refractivity contribution in [3.63, 3.8) is 0 Å². The van der Waals surface area contributed by atoms with Crippen molar-refractivity contribution in [3.05, 3.63) is 24.3 Å². The average molecular weight is 148 g/mol. The molecule has 2 rings (SSSR count). The molecule has 0 saturated heterocycles. The fraction of sp³-hybridized carbons (Fsp3) is 0.444. The first-order chi connectivity index (χ1) is 5.47. The molecule has 0 spiro atoms. The standard InChI is InChI=1S/C9H12N2/c1-2-4-8-6-10-7-11-9(8)5-3-1/h1-3,5-6,8-9,11H,4,7H2. The first-order valence-electron chi connectivity index (χ1n) is 4.03. The van der Waals surface area contributed by atoms with Gasteiger partial charge in [-0.3, -0.25) is 10.3 Å². The van der Waals surface area contributed by atoms with E-state index in [0.29, 0.717) is 12.0 Å². The van der Waals surface area contributed by atoms with E-state index < -0.39 is 0 Å². The lowest BCUT2D eigenvalue weighted by atomic mass is 9.97. The van der Waals surface area contributed by atoms with E-state index in [4.69, 9.17) is 0 Å². The third-order valence-corrected chi connectivity index (χ3v) is 2.15. The number of nitrogens with zero attached hydrogens (tertiary/aromatic N) is 1. The Morgan fingerprint density at radius 3 is 3.36 bits per heavy atom. The van der Waals surface area contributed by atoms with Gasteiger partial charge in [-0.25, -0.2) is 0 Å². The van der Waals surface area contributed by atoms with Gasteiger partial charge in [0.2, 0.25) is 0 Å². The number of hydrogen-bond donors (Lipinski definition) is 1. The van der Waals surface area contributed by atoms with Gasteiger partial charge >= 0.3 is 0 Å². The molecular weight excluding hydrogens is 136 g/mol. The summed E-state index contributed by atoms with van der Waals surface area (Å²) < 4.78 is 0. The minimum absolute atomic E-state index is 0.502. The topological polar surface area (TPSA) is 24.4 Å². The van der Waals surface area contributed by atoms with Gasteiger partial charge in [0.05, 0.1) is 6.67 Å². The predicted molar refractivity (Wildman–Crippen MR) is 46.7 cm³/mol. The highest BCUT2D eigenvalue weighted by atomic mass is 15.1. The monoisotopic (exact) mass is 148 g/mol. The summed E-state index contributed by atoms with van der Waals surface area (Å²) in [7, 11) is 0. The van der Waals surface area contributed by atoms with Crippen LogP contribution in [0.4, 0.5) is 0 Å². The quantitative estimate of drug-likeness (QED) is 0.547. The third kappa shape index (κ3) is 1.40. The van der Waals surface area contributed by atoms with Crippen LogP contribution >= 0.6 is 0 Å². The van der Waals surface area contributed by atoms with Gasteiger partial charge in [-0.2, -0.15) is 0 Å². The SMILES string of the molecule is C1=CCC2C=NCNC2C=C1. The molecule has 0 amide bonds. The summed E-state index contributed by atoms with van der Waals surface area (Å²) >= 11 is 0. The van der Waals surface area contributed by atoms with Crippen LogP contribution in [0.3, 0.4) is 0 Å². The molecule has 0 radical (unpaired) electrons. The van der Waals surface area contributed by atoms with Gasteiger partial charge in [0, 0.05) is 18.2 Å². The molecule has 0 aromatic rings. The normalized spacial score (nSPS) is 34.9. The van der Waals surface area contributed by atoms with Crippen LogP contribution in [0.15, 0.2) is 29.3 Å². The maximum atomic E-state index is 4.20. The van der Waals surface area contributed by atoms with Gasteiger partial charge < -0.3 is 0 Å². The fourth-order valence-corrected chi connectivity index (χ4v) is 1.51. The lowest BCUT2D eigenvalue weighted by Gasteiger charge is -2.23. The molecule has 0 aromatic heterocycles. The van der Waals surface area contributed by atoms with E-state index in [0.717, 1.165) is 13.1 Å². The van der Waals surface area contributed by atoms with Gasteiger partial charge in [-0.1, -0.05) is 24.3 Å². The first kappa shape index (κ1) is 6.80. The van der Waals surface area contributed by atoms with Crippen LogP contribution in [0.2, 0.25) is 0 Å². The number of allylic oxidation sites excluding steroid dienone is 3. The zero-order chi connectivity index (χ0) is 7.52. The molecule has 11 heavy (non-hydrogen) atoms. The van der Waals surface area contributed by atoms with E-state index in [-0.39, 0.29) is 0 Å². The maximum Gasteiger partial charge on any atom is 0.0885 e. The molecular formula is C9H12N2. The molecule has 2 aliphatic rings. The second-order valence-electron chi connectivity index (χ2n) is 2.93. The van der Waals surface area contributed by atoms with Gasteiger partial charge in [0.1, 0.15) is 0 Å². The molecule has 0 aromatic carbocycles. The van der Waals surface area contributed by atoms with Crippen LogP contribution < -0.4 is 5.32 Å². The Bertz CT molecular complexity index is 216. The van der Waals surface area contributed by atoms with E-state index in [1.165, 1.54) is 0 Å². The van der Waals surface area contributed by atoms with Crippen molar-refractivity contribution in [2.75, 3.05) is 6.67 Å². The fourth-order valence-electron chi connectivity index (χ4n) is 1.51. The minimum Gasteiger partial charge on any atom is -0.291 e. The zero-order valence-corrected chi connectivity index (χ0v) is 6.40. The molecule has 2 nitrogen and oxygen atoms in total. The molecule has 1 N–H and O–H groups in total. The van der Waals surface area contributed by atoms with Crippen molar-refractivity contribution in [3.8, 4) is 0 Å². The number of fused-ring (bicyclic) bond motifs is 1. The van der Waals surface area contributed by atoms with Gasteiger partial charge in [-0.15, -0.1) is 0 Å². The summed E-state index contributed by atoms with van der Waals surface area (Å²) in [4.78, 5) is 4.20. The number of nitrogens with one attached hydrogen (secondary N) is 1. The number of rotatable bonds is 0. The van der Waals surface area contributed by atoms with Crippen molar-refractivity contribution in [2.45, 2.75) is 12.5 Å². The van der Waals surface area contributed by atoms with E-state index in [1.807, 2.05) is 0 Å². The van der Waals surface area contributed by atoms with Crippen molar-refractivity contribution in [1.29, 1.82) is 0 Å². The Labute approximate surface area is 66.7 Å². The predicted octanol–water partition coefficient (Wildman–Crippen LogP) is 1.12. The Kier molecular flexibility index (Phi) is 1.86. The Morgan fingerprint density at radius 1 is 1.36 bits per heavy atom.